The molecular formula is C9H18N2OS. The summed E-state index contributed by atoms with van der Waals surface area (Å²) >= 11 is 1.80. The molecule has 3 nitrogen and oxygen atoms in total. The largest absolute Gasteiger partial charge is 0.327 e. The fraction of sp³-hybridized carbons (Fsp3) is 0.889. The second-order valence-electron chi connectivity index (χ2n) is 3.43. The minimum absolute atomic E-state index is 0.0639. The topological polar surface area (TPSA) is 32.3 Å². The molecule has 1 aliphatic heterocycles. The van der Waals surface area contributed by atoms with Crippen LogP contribution in [0.3, 0.4) is 0 Å². The van der Waals surface area contributed by atoms with E-state index < -0.39 is 0 Å². The average Bonchev–Trinajstić information content (AvgIpc) is 2.48. The van der Waals surface area contributed by atoms with E-state index in [1.165, 1.54) is 0 Å². The van der Waals surface area contributed by atoms with Gasteiger partial charge in [-0.05, 0) is 12.7 Å². The summed E-state index contributed by atoms with van der Waals surface area (Å²) in [6.45, 7) is 5.78. The first-order valence-corrected chi connectivity index (χ1v) is 6.02. The van der Waals surface area contributed by atoms with Crippen LogP contribution in [0.2, 0.25) is 0 Å². The third-order valence-corrected chi connectivity index (χ3v) is 3.38. The van der Waals surface area contributed by atoms with Crippen LogP contribution in [-0.2, 0) is 4.79 Å². The van der Waals surface area contributed by atoms with Gasteiger partial charge in [-0.2, -0.15) is 11.8 Å². The highest BCUT2D eigenvalue weighted by Gasteiger charge is 2.29. The van der Waals surface area contributed by atoms with E-state index in [1.54, 1.807) is 11.8 Å². The first-order chi connectivity index (χ1) is 6.19. The molecule has 2 atom stereocenters. The van der Waals surface area contributed by atoms with Gasteiger partial charge in [0.05, 0.1) is 12.7 Å². The first-order valence-electron chi connectivity index (χ1n) is 4.74. The van der Waals surface area contributed by atoms with Gasteiger partial charge in [0, 0.05) is 11.8 Å². The Kier molecular flexibility index (Phi) is 4.06. The lowest BCUT2D eigenvalue weighted by Gasteiger charge is -2.18. The van der Waals surface area contributed by atoms with Crippen LogP contribution in [-0.4, -0.2) is 41.6 Å². The van der Waals surface area contributed by atoms with E-state index in [2.05, 4.69) is 18.5 Å². The Morgan fingerprint density at radius 2 is 2.46 bits per heavy atom. The summed E-state index contributed by atoms with van der Waals surface area (Å²) in [5.74, 6) is 0.267. The zero-order valence-electron chi connectivity index (χ0n) is 8.54. The smallest absolute Gasteiger partial charge is 0.240 e. The molecule has 13 heavy (non-hydrogen) atoms. The maximum atomic E-state index is 11.6. The summed E-state index contributed by atoms with van der Waals surface area (Å²) in [6.07, 6.45) is 2.97. The van der Waals surface area contributed by atoms with Crippen LogP contribution in [0, 0.1) is 0 Å². The fourth-order valence-electron chi connectivity index (χ4n) is 1.46. The number of amides is 1. The lowest BCUT2D eigenvalue weighted by Crippen LogP contribution is -2.33. The number of thioether (sulfide) groups is 1. The van der Waals surface area contributed by atoms with Gasteiger partial charge >= 0.3 is 0 Å². The number of nitrogens with zero attached hydrogens (tertiary/aromatic N) is 1. The Labute approximate surface area is 84.2 Å². The maximum absolute atomic E-state index is 11.6. The Balaban J connectivity index is 2.41. The van der Waals surface area contributed by atoms with Crippen molar-refractivity contribution >= 4 is 17.7 Å². The van der Waals surface area contributed by atoms with E-state index >= 15 is 0 Å². The number of rotatable bonds is 4. The molecule has 76 valence electrons. The minimum atomic E-state index is 0.0639. The number of hydrogen-bond donors (Lipinski definition) is 1. The van der Waals surface area contributed by atoms with Gasteiger partial charge in [-0.25, -0.2) is 0 Å². The molecule has 0 radical (unpaired) electrons. The van der Waals surface area contributed by atoms with Gasteiger partial charge in [-0.15, -0.1) is 0 Å². The van der Waals surface area contributed by atoms with Gasteiger partial charge in [-0.1, -0.05) is 13.8 Å². The summed E-state index contributed by atoms with van der Waals surface area (Å²) in [5, 5.41) is 3.73. The third-order valence-electron chi connectivity index (χ3n) is 2.43. The van der Waals surface area contributed by atoms with Crippen LogP contribution in [0.25, 0.3) is 0 Å². The molecule has 2 unspecified atom stereocenters. The summed E-state index contributed by atoms with van der Waals surface area (Å²) < 4.78 is 0. The van der Waals surface area contributed by atoms with Gasteiger partial charge in [0.25, 0.3) is 0 Å². The zero-order valence-corrected chi connectivity index (χ0v) is 9.36. The van der Waals surface area contributed by atoms with Crippen molar-refractivity contribution in [2.45, 2.75) is 31.6 Å². The fourth-order valence-corrected chi connectivity index (χ4v) is 1.79. The van der Waals surface area contributed by atoms with E-state index in [0.717, 1.165) is 19.6 Å². The molecule has 1 aliphatic rings. The van der Waals surface area contributed by atoms with Gasteiger partial charge in [0.15, 0.2) is 0 Å². The average molecular weight is 202 g/mol. The Bertz CT molecular complexity index is 186. The van der Waals surface area contributed by atoms with Crippen molar-refractivity contribution in [2.24, 2.45) is 0 Å². The van der Waals surface area contributed by atoms with E-state index in [-0.39, 0.29) is 11.9 Å². The number of carbonyl (C=O) groups excluding carboxylic acids is 1. The predicted octanol–water partition coefficient (Wildman–Crippen LogP) is 0.906. The van der Waals surface area contributed by atoms with Crippen molar-refractivity contribution in [3.8, 4) is 0 Å². The summed E-state index contributed by atoms with van der Waals surface area (Å²) in [7, 11) is 0. The van der Waals surface area contributed by atoms with Gasteiger partial charge < -0.3 is 4.90 Å². The Hall–Kier alpha value is -0.220. The van der Waals surface area contributed by atoms with Gasteiger partial charge in [-0.3, -0.25) is 10.1 Å². The Morgan fingerprint density at radius 3 is 2.92 bits per heavy atom. The Morgan fingerprint density at radius 1 is 1.77 bits per heavy atom. The van der Waals surface area contributed by atoms with Crippen LogP contribution in [0.1, 0.15) is 20.3 Å². The van der Waals surface area contributed by atoms with Crippen LogP contribution in [0.5, 0.6) is 0 Å². The highest BCUT2D eigenvalue weighted by atomic mass is 32.2. The molecule has 1 saturated heterocycles. The lowest BCUT2D eigenvalue weighted by atomic mass is 10.2. The second kappa shape index (κ2) is 4.86. The summed E-state index contributed by atoms with van der Waals surface area (Å²) in [6, 6.07) is 0.0639. The zero-order chi connectivity index (χ0) is 9.84. The standard InChI is InChI=1S/C9H18N2OS/c1-4-8-9(12)11(6-10-8)5-7(2)13-3/h7-8,10H,4-6H2,1-3H3. The third kappa shape index (κ3) is 2.61. The monoisotopic (exact) mass is 202 g/mol. The molecule has 0 bridgehead atoms. The van der Waals surface area contributed by atoms with Crippen molar-refractivity contribution < 1.29 is 4.79 Å². The van der Waals surface area contributed by atoms with Crippen LogP contribution >= 0.6 is 11.8 Å². The van der Waals surface area contributed by atoms with E-state index in [4.69, 9.17) is 0 Å². The van der Waals surface area contributed by atoms with Gasteiger partial charge in [0.1, 0.15) is 0 Å². The molecule has 4 heteroatoms. The normalized spacial score (nSPS) is 25.3. The van der Waals surface area contributed by atoms with E-state index in [1.807, 2.05) is 11.8 Å². The van der Waals surface area contributed by atoms with Crippen molar-refractivity contribution in [1.82, 2.24) is 10.2 Å². The molecule has 0 aromatic heterocycles. The van der Waals surface area contributed by atoms with Crippen molar-refractivity contribution in [3.05, 3.63) is 0 Å². The SMILES string of the molecule is CCC1NCN(CC(C)SC)C1=O. The molecular weight excluding hydrogens is 184 g/mol. The van der Waals surface area contributed by atoms with Crippen molar-refractivity contribution in [2.75, 3.05) is 19.5 Å². The molecule has 0 aromatic rings. The van der Waals surface area contributed by atoms with E-state index in [9.17, 15) is 4.79 Å². The molecule has 0 aliphatic carbocycles. The predicted molar refractivity (Wildman–Crippen MR) is 56.8 cm³/mol. The molecule has 0 saturated carbocycles. The molecule has 1 heterocycles. The number of carbonyl (C=O) groups is 1. The van der Waals surface area contributed by atoms with Gasteiger partial charge in [0.2, 0.25) is 5.91 Å². The van der Waals surface area contributed by atoms with Crippen molar-refractivity contribution in [3.63, 3.8) is 0 Å². The molecule has 0 aromatic carbocycles. The number of hydrogen-bond acceptors (Lipinski definition) is 3. The highest BCUT2D eigenvalue weighted by molar-refractivity contribution is 7.99. The quantitative estimate of drug-likeness (QED) is 0.735. The molecule has 1 N–H and O–H groups in total. The molecule has 0 spiro atoms. The highest BCUT2D eigenvalue weighted by Crippen LogP contribution is 2.12. The van der Waals surface area contributed by atoms with Crippen LogP contribution in [0.15, 0.2) is 0 Å². The maximum Gasteiger partial charge on any atom is 0.240 e. The second-order valence-corrected chi connectivity index (χ2v) is 4.71. The van der Waals surface area contributed by atoms with Crippen LogP contribution in [0.4, 0.5) is 0 Å². The molecule has 1 amide bonds. The molecule has 1 fully saturated rings. The first kappa shape index (κ1) is 10.9. The van der Waals surface area contributed by atoms with Crippen LogP contribution < -0.4 is 5.32 Å². The lowest BCUT2D eigenvalue weighted by molar-refractivity contribution is -0.128. The minimum Gasteiger partial charge on any atom is -0.327 e. The van der Waals surface area contributed by atoms with E-state index in [0.29, 0.717) is 5.25 Å². The molecule has 1 rings (SSSR count). The number of nitrogens with one attached hydrogen (secondary N) is 1. The summed E-state index contributed by atoms with van der Waals surface area (Å²) in [5.41, 5.74) is 0. The summed E-state index contributed by atoms with van der Waals surface area (Å²) in [4.78, 5) is 13.6. The van der Waals surface area contributed by atoms with Crippen molar-refractivity contribution in [1.29, 1.82) is 0 Å².